The van der Waals surface area contributed by atoms with Crippen LogP contribution in [-0.4, -0.2) is 103 Å². The number of likely N-dealkylation sites (tertiary alicyclic amines) is 2. The van der Waals surface area contributed by atoms with Crippen LogP contribution >= 0.6 is 22.7 Å². The Morgan fingerprint density at radius 3 is 1.46 bits per heavy atom. The van der Waals surface area contributed by atoms with Gasteiger partial charge in [0.1, 0.15) is 34.8 Å². The summed E-state index contributed by atoms with van der Waals surface area (Å²) in [4.78, 5) is 82.1. The van der Waals surface area contributed by atoms with E-state index in [-0.39, 0.29) is 35.7 Å². The van der Waals surface area contributed by atoms with E-state index in [1.807, 2.05) is 61.8 Å². The molecule has 8 rings (SSSR count). The van der Waals surface area contributed by atoms with Gasteiger partial charge in [-0.25, -0.2) is 29.5 Å². The van der Waals surface area contributed by atoms with Crippen molar-refractivity contribution < 1.29 is 28.7 Å². The summed E-state index contributed by atoms with van der Waals surface area (Å²) >= 11 is 3.04. The minimum absolute atomic E-state index is 0.128. The molecule has 0 bridgehead atoms. The van der Waals surface area contributed by atoms with Gasteiger partial charge in [-0.15, -0.1) is 22.7 Å². The fourth-order valence-corrected chi connectivity index (χ4v) is 9.97. The van der Waals surface area contributed by atoms with E-state index in [0.29, 0.717) is 24.7 Å². The first kappa shape index (κ1) is 37.6. The van der Waals surface area contributed by atoms with Crippen LogP contribution in [-0.2, 0) is 19.1 Å². The van der Waals surface area contributed by atoms with Crippen molar-refractivity contribution in [3.05, 3.63) is 35.9 Å². The number of carbonyl (C=O) groups excluding carboxylic acids is 4. The number of H-pyrrole nitrogens is 2. The molecule has 0 spiro atoms. The van der Waals surface area contributed by atoms with Crippen LogP contribution in [0.3, 0.4) is 0 Å². The summed E-state index contributed by atoms with van der Waals surface area (Å²) in [5.41, 5.74) is 4.88. The Hall–Kier alpha value is -5.36. The molecule has 0 aliphatic carbocycles. The SMILES string of the molecule is COC(=O)N[C@H](C(=O)N1CCC[C@H]1c1nc2c(ccc3nc(-c4nc5ccc6[nH]c([C@@H]7CCCN7C(=O)[C@@H](NC(=O)OC)C(C)C)nc6c5s4)sc32)[nH]1)C(C)C. The van der Waals surface area contributed by atoms with Gasteiger partial charge in [0.05, 0.1) is 57.8 Å². The predicted molar refractivity (Wildman–Crippen MR) is 213 cm³/mol. The summed E-state index contributed by atoms with van der Waals surface area (Å²) in [6, 6.07) is 5.92. The van der Waals surface area contributed by atoms with Crippen molar-refractivity contribution in [3.63, 3.8) is 0 Å². The number of aromatic nitrogens is 6. The summed E-state index contributed by atoms with van der Waals surface area (Å²) in [5, 5.41) is 6.94. The van der Waals surface area contributed by atoms with Crippen molar-refractivity contribution in [1.29, 1.82) is 0 Å². The van der Waals surface area contributed by atoms with Crippen LogP contribution in [0.5, 0.6) is 0 Å². The molecular formula is C38H44N10O6S2. The Morgan fingerprint density at radius 1 is 0.679 bits per heavy atom. The lowest BCUT2D eigenvalue weighted by Gasteiger charge is -2.29. The van der Waals surface area contributed by atoms with Gasteiger partial charge < -0.3 is 39.9 Å². The van der Waals surface area contributed by atoms with Gasteiger partial charge >= 0.3 is 12.2 Å². The maximum atomic E-state index is 13.7. The van der Waals surface area contributed by atoms with E-state index in [0.717, 1.165) is 78.2 Å². The lowest BCUT2D eigenvalue weighted by molar-refractivity contribution is -0.136. The van der Waals surface area contributed by atoms with Crippen LogP contribution in [0.1, 0.15) is 77.1 Å². The molecule has 4 atom stereocenters. The molecule has 0 unspecified atom stereocenters. The summed E-state index contributed by atoms with van der Waals surface area (Å²) in [6.45, 7) is 8.73. The molecule has 6 aromatic rings. The number of hydrogen-bond donors (Lipinski definition) is 4. The largest absolute Gasteiger partial charge is 0.453 e. The van der Waals surface area contributed by atoms with Crippen LogP contribution in [0.2, 0.25) is 0 Å². The Labute approximate surface area is 329 Å². The fraction of sp³-hybridized carbons (Fsp3) is 0.474. The molecule has 16 nitrogen and oxygen atoms in total. The highest BCUT2D eigenvalue weighted by Crippen LogP contribution is 2.41. The number of carbonyl (C=O) groups is 4. The summed E-state index contributed by atoms with van der Waals surface area (Å²) < 4.78 is 11.4. The van der Waals surface area contributed by atoms with Crippen molar-refractivity contribution in [3.8, 4) is 10.0 Å². The van der Waals surface area contributed by atoms with Gasteiger partial charge in [0.15, 0.2) is 10.0 Å². The maximum absolute atomic E-state index is 13.7. The van der Waals surface area contributed by atoms with Crippen molar-refractivity contribution in [2.75, 3.05) is 27.3 Å². The van der Waals surface area contributed by atoms with Crippen LogP contribution in [0.25, 0.3) is 52.5 Å². The second-order valence-electron chi connectivity index (χ2n) is 15.0. The highest BCUT2D eigenvalue weighted by atomic mass is 32.1. The lowest BCUT2D eigenvalue weighted by Crippen LogP contribution is -2.51. The van der Waals surface area contributed by atoms with Crippen molar-refractivity contribution >= 4 is 89.2 Å². The number of benzene rings is 2. The number of nitrogens with one attached hydrogen (secondary N) is 4. The van der Waals surface area contributed by atoms with E-state index >= 15 is 0 Å². The van der Waals surface area contributed by atoms with Gasteiger partial charge in [-0.2, -0.15) is 0 Å². The number of imidazole rings is 2. The molecule has 18 heteroatoms. The molecular weight excluding hydrogens is 757 g/mol. The maximum Gasteiger partial charge on any atom is 0.407 e. The number of ether oxygens (including phenoxy) is 2. The van der Waals surface area contributed by atoms with E-state index in [2.05, 4.69) is 20.6 Å². The number of methoxy groups -OCH3 is 2. The first-order valence-corrected chi connectivity index (χ1v) is 20.5. The minimum Gasteiger partial charge on any atom is -0.453 e. The fourth-order valence-electron chi connectivity index (χ4n) is 7.84. The van der Waals surface area contributed by atoms with Crippen LogP contribution in [0, 0.1) is 11.8 Å². The predicted octanol–water partition coefficient (Wildman–Crippen LogP) is 6.41. The van der Waals surface area contributed by atoms with Gasteiger partial charge in [0, 0.05) is 13.1 Å². The second kappa shape index (κ2) is 14.9. The average Bonchev–Trinajstić information content (AvgIpc) is 4.03. The Kier molecular flexibility index (Phi) is 10.0. The van der Waals surface area contributed by atoms with Crippen LogP contribution in [0.15, 0.2) is 24.3 Å². The monoisotopic (exact) mass is 800 g/mol. The first-order chi connectivity index (χ1) is 26.9. The molecule has 2 fully saturated rings. The average molecular weight is 801 g/mol. The molecule has 2 aliphatic rings. The minimum atomic E-state index is -0.716. The van der Waals surface area contributed by atoms with Gasteiger partial charge in [-0.1, -0.05) is 27.7 Å². The van der Waals surface area contributed by atoms with E-state index in [1.165, 1.54) is 36.9 Å². The number of hydrogen-bond acceptors (Lipinski definition) is 12. The second-order valence-corrected chi connectivity index (χ2v) is 17.0. The zero-order valence-corrected chi connectivity index (χ0v) is 33.6. The van der Waals surface area contributed by atoms with Gasteiger partial charge in [0.25, 0.3) is 0 Å². The molecule has 4 N–H and O–H groups in total. The van der Waals surface area contributed by atoms with Gasteiger partial charge in [-0.3, -0.25) is 9.59 Å². The Bertz CT molecular complexity index is 2320. The van der Waals surface area contributed by atoms with E-state index < -0.39 is 24.3 Å². The molecule has 2 saturated heterocycles. The van der Waals surface area contributed by atoms with Crippen molar-refractivity contribution in [1.82, 2.24) is 50.3 Å². The molecule has 0 saturated carbocycles. The normalized spacial score (nSPS) is 18.5. The van der Waals surface area contributed by atoms with E-state index in [1.54, 1.807) is 0 Å². The third-order valence-electron chi connectivity index (χ3n) is 10.7. The highest BCUT2D eigenvalue weighted by Gasteiger charge is 2.39. The standard InChI is InChI=1S/C38H44N10O6S2/c1-17(2)25(45-37(51)53-5)35(49)47-15-7-9-23(47)31-39-19-11-13-21-29(27(19)43-31)55-33(41-21)34-42-22-14-12-20-28(30(22)56-34)44-32(40-20)24-10-8-16-48(24)36(50)26(18(3)4)46-38(52)54-6/h11-14,17-18,23-26H,7-10,15-16H2,1-6H3,(H,39,43)(H,40,44)(H,45,51)(H,46,52)/t23-,24-,25-,26-/m0/s1. The number of rotatable bonds is 9. The molecule has 6 heterocycles. The third kappa shape index (κ3) is 6.67. The summed E-state index contributed by atoms with van der Waals surface area (Å²) in [6.07, 6.45) is 1.87. The number of fused-ring (bicyclic) bond motifs is 6. The van der Waals surface area contributed by atoms with Crippen LogP contribution in [0.4, 0.5) is 9.59 Å². The quantitative estimate of drug-likeness (QED) is 0.127. The van der Waals surface area contributed by atoms with Crippen LogP contribution < -0.4 is 10.6 Å². The molecule has 2 aliphatic heterocycles. The molecule has 56 heavy (non-hydrogen) atoms. The van der Waals surface area contributed by atoms with E-state index in [4.69, 9.17) is 29.4 Å². The molecule has 0 radical (unpaired) electrons. The third-order valence-corrected chi connectivity index (χ3v) is 13.0. The van der Waals surface area contributed by atoms with E-state index in [9.17, 15) is 19.2 Å². The van der Waals surface area contributed by atoms with Crippen molar-refractivity contribution in [2.24, 2.45) is 11.8 Å². The molecule has 4 amide bonds. The highest BCUT2D eigenvalue weighted by molar-refractivity contribution is 7.28. The lowest BCUT2D eigenvalue weighted by atomic mass is 10.0. The van der Waals surface area contributed by atoms with Gasteiger partial charge in [0.2, 0.25) is 11.8 Å². The van der Waals surface area contributed by atoms with Crippen molar-refractivity contribution in [2.45, 2.75) is 77.5 Å². The summed E-state index contributed by atoms with van der Waals surface area (Å²) in [5.74, 6) is 0.831. The molecule has 294 valence electrons. The molecule has 4 aromatic heterocycles. The number of amides is 4. The number of alkyl carbamates (subject to hydrolysis) is 2. The number of aromatic amines is 2. The smallest absolute Gasteiger partial charge is 0.407 e. The summed E-state index contributed by atoms with van der Waals surface area (Å²) in [7, 11) is 2.57. The molecule has 2 aromatic carbocycles. The zero-order valence-electron chi connectivity index (χ0n) is 32.0. The topological polar surface area (TPSA) is 200 Å². The van der Waals surface area contributed by atoms with Gasteiger partial charge in [-0.05, 0) is 61.8 Å². The number of thiazole rings is 2. The number of nitrogens with zero attached hydrogens (tertiary/aromatic N) is 6. The Morgan fingerprint density at radius 2 is 1.09 bits per heavy atom. The zero-order chi connectivity index (χ0) is 39.4. The Balaban J connectivity index is 1.08. The first-order valence-electron chi connectivity index (χ1n) is 18.8.